The molecule has 3 N–H and O–H groups in total. The fraction of sp³-hybridized carbons (Fsp3) is 0.737. The molecule has 15 heteroatoms. The highest BCUT2D eigenvalue weighted by molar-refractivity contribution is 7.54. The first-order valence-corrected chi connectivity index (χ1v) is 14.8. The Kier molecular flexibility index (Phi) is 11.4. The van der Waals surface area contributed by atoms with Gasteiger partial charge in [-0.15, -0.1) is 0 Å². The van der Waals surface area contributed by atoms with Gasteiger partial charge >= 0.3 is 15.2 Å². The number of nitrogens with two attached hydrogens (primary N) is 1. The summed E-state index contributed by atoms with van der Waals surface area (Å²) in [4.78, 5) is 24.7. The average Bonchev–Trinajstić information content (AvgIpc) is 3.17. The number of imidazole rings is 1. The van der Waals surface area contributed by atoms with E-state index in [-0.39, 0.29) is 50.2 Å². The van der Waals surface area contributed by atoms with Gasteiger partial charge in [-0.2, -0.15) is 4.98 Å². The van der Waals surface area contributed by atoms with Crippen LogP contribution in [-0.2, 0) is 33.8 Å². The van der Waals surface area contributed by atoms with E-state index < -0.39 is 20.8 Å². The number of anilines is 1. The third-order valence-electron chi connectivity index (χ3n) is 4.83. The number of nitrogen functional groups attached to an aromatic ring is 1. The van der Waals surface area contributed by atoms with Gasteiger partial charge in [0.05, 0.1) is 45.1 Å². The Labute approximate surface area is 199 Å². The van der Waals surface area contributed by atoms with Crippen LogP contribution in [0.4, 0.5) is 5.95 Å². The van der Waals surface area contributed by atoms with Gasteiger partial charge in [0, 0.05) is 26.2 Å². The van der Waals surface area contributed by atoms with Crippen LogP contribution in [0.5, 0.6) is 0 Å². The summed E-state index contributed by atoms with van der Waals surface area (Å²) in [6.07, 6.45) is 1.84. The Hall–Kier alpha value is -1.59. The van der Waals surface area contributed by atoms with Crippen molar-refractivity contribution in [2.24, 2.45) is 0 Å². The van der Waals surface area contributed by atoms with Crippen molar-refractivity contribution in [3.8, 4) is 0 Å². The molecule has 0 amide bonds. The molecule has 2 aromatic rings. The number of nitrogens with zero attached hydrogens (tertiary/aromatic N) is 4. The molecule has 0 unspecified atom stereocenters. The zero-order valence-corrected chi connectivity index (χ0v) is 22.1. The van der Waals surface area contributed by atoms with Gasteiger partial charge in [0.2, 0.25) is 5.95 Å². The van der Waals surface area contributed by atoms with Crippen LogP contribution in [0.25, 0.3) is 11.2 Å². The zero-order valence-electron chi connectivity index (χ0n) is 20.3. The quantitative estimate of drug-likeness (QED) is 0.293. The second kappa shape index (κ2) is 13.5. The molecule has 13 nitrogen and oxygen atoms in total. The Balaban J connectivity index is 2.18. The Bertz CT molecular complexity index is 1010. The summed E-state index contributed by atoms with van der Waals surface area (Å²) in [5.41, 5.74) is 5.82. The number of rotatable bonds is 17. The normalized spacial score (nSPS) is 12.7. The fourth-order valence-corrected chi connectivity index (χ4v) is 6.66. The first-order valence-electron chi connectivity index (χ1n) is 11.4. The lowest BCUT2D eigenvalue weighted by molar-refractivity contribution is 0.205. The van der Waals surface area contributed by atoms with E-state index in [0.717, 1.165) is 0 Å². The Morgan fingerprint density at radius 2 is 1.44 bits per heavy atom. The van der Waals surface area contributed by atoms with Crippen LogP contribution in [0.15, 0.2) is 11.1 Å². The highest BCUT2D eigenvalue weighted by atomic mass is 31.2. The SMILES string of the molecule is CCOP(=O)(CCN(CCn1cnc2c(=O)[nH]c(N)nc21)CCP(=O)(OCC)OCC)OCC. The number of hydrogen-bond donors (Lipinski definition) is 2. The summed E-state index contributed by atoms with van der Waals surface area (Å²) in [7, 11) is -6.53. The van der Waals surface area contributed by atoms with Crippen LogP contribution in [0.2, 0.25) is 0 Å². The van der Waals surface area contributed by atoms with Gasteiger partial charge in [-0.05, 0) is 27.7 Å². The largest absolute Gasteiger partial charge is 0.369 e. The number of H-pyrrole nitrogens is 1. The molecule has 0 saturated heterocycles. The highest BCUT2D eigenvalue weighted by Gasteiger charge is 2.28. The van der Waals surface area contributed by atoms with Crippen molar-refractivity contribution < 1.29 is 27.2 Å². The molecule has 0 atom stereocenters. The minimum atomic E-state index is -3.27. The fourth-order valence-electron chi connectivity index (χ4n) is 3.37. The van der Waals surface area contributed by atoms with Crippen molar-refractivity contribution in [3.63, 3.8) is 0 Å². The minimum Gasteiger partial charge on any atom is -0.369 e. The van der Waals surface area contributed by atoms with Crippen LogP contribution in [0.3, 0.4) is 0 Å². The van der Waals surface area contributed by atoms with Crippen molar-refractivity contribution in [2.75, 3.05) is 64.1 Å². The van der Waals surface area contributed by atoms with Gasteiger partial charge in [0.15, 0.2) is 11.2 Å². The van der Waals surface area contributed by atoms with Gasteiger partial charge in [-0.3, -0.25) is 18.9 Å². The van der Waals surface area contributed by atoms with Crippen molar-refractivity contribution in [1.29, 1.82) is 0 Å². The van der Waals surface area contributed by atoms with Crippen molar-refractivity contribution in [3.05, 3.63) is 16.7 Å². The van der Waals surface area contributed by atoms with E-state index in [0.29, 0.717) is 31.8 Å². The summed E-state index contributed by atoms with van der Waals surface area (Å²) >= 11 is 0. The summed E-state index contributed by atoms with van der Waals surface area (Å²) in [5.74, 6) is -0.000148. The number of nitrogens with one attached hydrogen (secondary N) is 1. The molecule has 0 aliphatic heterocycles. The predicted octanol–water partition coefficient (Wildman–Crippen LogP) is 2.54. The minimum absolute atomic E-state index is 0.000148. The van der Waals surface area contributed by atoms with E-state index in [1.165, 1.54) is 6.33 Å². The maximum atomic E-state index is 13.0. The molecule has 0 saturated carbocycles. The van der Waals surface area contributed by atoms with Crippen molar-refractivity contribution in [1.82, 2.24) is 24.4 Å². The van der Waals surface area contributed by atoms with Crippen LogP contribution in [0, 0.1) is 0 Å². The van der Waals surface area contributed by atoms with Crippen LogP contribution < -0.4 is 11.3 Å². The molecule has 2 aromatic heterocycles. The monoisotopic (exact) mass is 522 g/mol. The molecule has 0 fully saturated rings. The molecule has 0 aliphatic carbocycles. The number of hydrogen-bond acceptors (Lipinski definition) is 11. The Morgan fingerprint density at radius 1 is 0.941 bits per heavy atom. The molecule has 34 heavy (non-hydrogen) atoms. The van der Waals surface area contributed by atoms with Gasteiger partial charge < -0.3 is 33.3 Å². The van der Waals surface area contributed by atoms with Crippen molar-refractivity contribution in [2.45, 2.75) is 34.2 Å². The van der Waals surface area contributed by atoms with E-state index in [2.05, 4.69) is 15.0 Å². The molecule has 0 spiro atoms. The van der Waals surface area contributed by atoms with Gasteiger partial charge in [0.1, 0.15) is 0 Å². The van der Waals surface area contributed by atoms with E-state index in [9.17, 15) is 13.9 Å². The van der Waals surface area contributed by atoms with Crippen LogP contribution in [0.1, 0.15) is 27.7 Å². The smallest absolute Gasteiger partial charge is 0.331 e. The molecule has 0 radical (unpaired) electrons. The zero-order chi connectivity index (χ0) is 25.2. The lowest BCUT2D eigenvalue weighted by atomic mass is 10.4. The first kappa shape index (κ1) is 28.6. The maximum Gasteiger partial charge on any atom is 0.331 e. The average molecular weight is 522 g/mol. The van der Waals surface area contributed by atoms with Gasteiger partial charge in [0.25, 0.3) is 5.56 Å². The third kappa shape index (κ3) is 8.27. The van der Waals surface area contributed by atoms with E-state index in [4.69, 9.17) is 23.8 Å². The lowest BCUT2D eigenvalue weighted by Crippen LogP contribution is -2.33. The van der Waals surface area contributed by atoms with E-state index in [1.807, 2.05) is 4.90 Å². The molecule has 0 aliphatic rings. The Morgan fingerprint density at radius 3 is 1.91 bits per heavy atom. The van der Waals surface area contributed by atoms with E-state index >= 15 is 0 Å². The maximum absolute atomic E-state index is 13.0. The summed E-state index contributed by atoms with van der Waals surface area (Å²) in [6.45, 7) is 9.69. The van der Waals surface area contributed by atoms with Crippen LogP contribution >= 0.6 is 15.2 Å². The van der Waals surface area contributed by atoms with Gasteiger partial charge in [-0.25, -0.2) is 4.98 Å². The van der Waals surface area contributed by atoms with Crippen molar-refractivity contribution >= 4 is 32.3 Å². The van der Waals surface area contributed by atoms with Gasteiger partial charge in [-0.1, -0.05) is 0 Å². The summed E-state index contributed by atoms with van der Waals surface area (Å²) < 4.78 is 49.2. The first-order chi connectivity index (χ1) is 16.2. The highest BCUT2D eigenvalue weighted by Crippen LogP contribution is 2.49. The number of aromatic amines is 1. The third-order valence-corrected chi connectivity index (χ3v) is 8.94. The second-order valence-corrected chi connectivity index (χ2v) is 11.6. The second-order valence-electron chi connectivity index (χ2n) is 7.24. The summed E-state index contributed by atoms with van der Waals surface area (Å²) in [5, 5.41) is 0. The standard InChI is InChI=1S/C19H36N6O7P2/c1-5-29-33(27,30-6-2)13-11-24(12-14-34(28,31-7-3)32-8-4)9-10-25-15-21-16-17(25)22-19(20)23-18(16)26/h15H,5-14H2,1-4H3,(H3,20,22,23,26). The molecular weight excluding hydrogens is 486 g/mol. The lowest BCUT2D eigenvalue weighted by Gasteiger charge is -2.26. The predicted molar refractivity (Wildman–Crippen MR) is 130 cm³/mol. The molecule has 2 rings (SSSR count). The number of fused-ring (bicyclic) bond motifs is 1. The summed E-state index contributed by atoms with van der Waals surface area (Å²) in [6, 6.07) is 0. The molecule has 0 bridgehead atoms. The topological polar surface area (TPSA) is 164 Å². The van der Waals surface area contributed by atoms with Crippen LogP contribution in [-0.4, -0.2) is 82.8 Å². The molecule has 194 valence electrons. The molecule has 2 heterocycles. The molecular formula is C19H36N6O7P2. The van der Waals surface area contributed by atoms with E-state index in [1.54, 1.807) is 32.3 Å². The molecule has 0 aromatic carbocycles. The number of aromatic nitrogens is 4.